The van der Waals surface area contributed by atoms with E-state index in [1.165, 1.54) is 16.7 Å². The van der Waals surface area contributed by atoms with Crippen molar-refractivity contribution in [3.63, 3.8) is 0 Å². The summed E-state index contributed by atoms with van der Waals surface area (Å²) in [7, 11) is 0. The number of amides is 1. The lowest BCUT2D eigenvalue weighted by Gasteiger charge is -2.23. The number of benzene rings is 3. The Hall–Kier alpha value is -3.73. The van der Waals surface area contributed by atoms with Crippen molar-refractivity contribution < 1.29 is 4.79 Å². The number of rotatable bonds is 10. The summed E-state index contributed by atoms with van der Waals surface area (Å²) in [4.78, 5) is 23.9. The van der Waals surface area contributed by atoms with E-state index in [9.17, 15) is 4.79 Å². The molecule has 4 aromatic rings. The van der Waals surface area contributed by atoms with Gasteiger partial charge in [0.25, 0.3) is 0 Å². The molecule has 1 N–H and O–H groups in total. The second kappa shape index (κ2) is 10.9. The van der Waals surface area contributed by atoms with E-state index >= 15 is 0 Å². The Labute approximate surface area is 213 Å². The predicted octanol–water partition coefficient (Wildman–Crippen LogP) is 6.90. The number of anilines is 1. The van der Waals surface area contributed by atoms with Gasteiger partial charge in [-0.15, -0.1) is 0 Å². The number of carbonyl (C=O) groups excluding carboxylic acids is 1. The molecule has 1 fully saturated rings. The van der Waals surface area contributed by atoms with Crippen LogP contribution in [-0.2, 0) is 17.9 Å². The molecule has 36 heavy (non-hydrogen) atoms. The van der Waals surface area contributed by atoms with Gasteiger partial charge in [0.15, 0.2) is 0 Å². The molecule has 0 atom stereocenters. The minimum Gasteiger partial charge on any atom is -0.365 e. The summed E-state index contributed by atoms with van der Waals surface area (Å²) < 4.78 is 0. The Kier molecular flexibility index (Phi) is 7.26. The van der Waals surface area contributed by atoms with Gasteiger partial charge in [-0.2, -0.15) is 0 Å². The first kappa shape index (κ1) is 24.0. The number of unbranched alkanes of at least 4 members (excludes halogenated alkanes) is 1. The Morgan fingerprint density at radius 1 is 0.972 bits per heavy atom. The normalized spacial score (nSPS) is 13.1. The summed E-state index contributed by atoms with van der Waals surface area (Å²) in [6.45, 7) is 5.63. The SMILES string of the molecule is CCCCC(=O)N(Cc1cccc(-c2ccc3ncnc(NCc4cccc(C)c4)c3c2)c1)C1CC1. The second-order valence-corrected chi connectivity index (χ2v) is 9.85. The van der Waals surface area contributed by atoms with Crippen molar-refractivity contribution in [1.29, 1.82) is 0 Å². The molecule has 5 rings (SSSR count). The van der Waals surface area contributed by atoms with Crippen molar-refractivity contribution >= 4 is 22.6 Å². The van der Waals surface area contributed by atoms with Crippen molar-refractivity contribution in [2.45, 2.75) is 65.1 Å². The van der Waals surface area contributed by atoms with Crippen LogP contribution in [0.2, 0.25) is 0 Å². The van der Waals surface area contributed by atoms with Crippen LogP contribution in [0, 0.1) is 6.92 Å². The Balaban J connectivity index is 1.38. The number of aromatic nitrogens is 2. The van der Waals surface area contributed by atoms with Crippen molar-refractivity contribution in [1.82, 2.24) is 14.9 Å². The van der Waals surface area contributed by atoms with Gasteiger partial charge in [-0.1, -0.05) is 67.4 Å². The molecule has 0 spiro atoms. The third-order valence-corrected chi connectivity index (χ3v) is 6.84. The smallest absolute Gasteiger partial charge is 0.223 e. The topological polar surface area (TPSA) is 58.1 Å². The number of hydrogen-bond acceptors (Lipinski definition) is 4. The maximum Gasteiger partial charge on any atom is 0.223 e. The highest BCUT2D eigenvalue weighted by Crippen LogP contribution is 2.31. The van der Waals surface area contributed by atoms with Crippen molar-refractivity contribution in [2.75, 3.05) is 5.32 Å². The molecule has 0 bridgehead atoms. The molecular weight excluding hydrogens is 444 g/mol. The van der Waals surface area contributed by atoms with Gasteiger partial charge in [-0.05, 0) is 66.6 Å². The summed E-state index contributed by atoms with van der Waals surface area (Å²) in [5.74, 6) is 1.12. The van der Waals surface area contributed by atoms with Crippen LogP contribution in [0.5, 0.6) is 0 Å². The van der Waals surface area contributed by atoms with Crippen LogP contribution in [0.1, 0.15) is 55.7 Å². The molecule has 1 saturated carbocycles. The zero-order valence-electron chi connectivity index (χ0n) is 21.2. The molecule has 0 aliphatic heterocycles. The largest absolute Gasteiger partial charge is 0.365 e. The van der Waals surface area contributed by atoms with Gasteiger partial charge in [-0.25, -0.2) is 9.97 Å². The van der Waals surface area contributed by atoms with Crippen LogP contribution in [0.3, 0.4) is 0 Å². The van der Waals surface area contributed by atoms with E-state index in [2.05, 4.69) is 101 Å². The molecule has 184 valence electrons. The molecule has 1 heterocycles. The van der Waals surface area contributed by atoms with Crippen LogP contribution in [0.25, 0.3) is 22.0 Å². The molecule has 0 radical (unpaired) electrons. The van der Waals surface area contributed by atoms with Gasteiger partial charge in [-0.3, -0.25) is 4.79 Å². The quantitative estimate of drug-likeness (QED) is 0.269. The summed E-state index contributed by atoms with van der Waals surface area (Å²) in [5, 5.41) is 4.50. The molecule has 5 nitrogen and oxygen atoms in total. The van der Waals surface area contributed by atoms with E-state index in [0.717, 1.165) is 53.5 Å². The standard InChI is InChI=1S/C31H34N4O/c1-3-4-11-30(36)35(27-13-14-27)20-24-9-6-10-25(17-24)26-12-15-29-28(18-26)31(34-21-33-29)32-19-23-8-5-7-22(2)16-23/h5-10,12,15-18,21,27H,3-4,11,13-14,19-20H2,1-2H3,(H,32,33,34). The summed E-state index contributed by atoms with van der Waals surface area (Å²) in [6, 6.07) is 23.8. The zero-order chi connectivity index (χ0) is 24.9. The van der Waals surface area contributed by atoms with Crippen LogP contribution >= 0.6 is 0 Å². The van der Waals surface area contributed by atoms with Gasteiger partial charge in [0, 0.05) is 30.9 Å². The highest BCUT2D eigenvalue weighted by atomic mass is 16.2. The first-order valence-electron chi connectivity index (χ1n) is 13.0. The second-order valence-electron chi connectivity index (χ2n) is 9.85. The minimum atomic E-state index is 0.289. The molecule has 1 aliphatic rings. The molecule has 3 aromatic carbocycles. The Morgan fingerprint density at radius 3 is 2.58 bits per heavy atom. The van der Waals surface area contributed by atoms with E-state index in [-0.39, 0.29) is 5.91 Å². The number of carbonyl (C=O) groups is 1. The third-order valence-electron chi connectivity index (χ3n) is 6.84. The van der Waals surface area contributed by atoms with E-state index in [0.29, 0.717) is 25.6 Å². The molecule has 0 saturated heterocycles. The van der Waals surface area contributed by atoms with Gasteiger partial charge in [0.2, 0.25) is 5.91 Å². The number of fused-ring (bicyclic) bond motifs is 1. The fourth-order valence-corrected chi connectivity index (χ4v) is 4.71. The molecule has 5 heteroatoms. The molecule has 1 amide bonds. The number of hydrogen-bond donors (Lipinski definition) is 1. The lowest BCUT2D eigenvalue weighted by Crippen LogP contribution is -2.32. The number of nitrogens with zero attached hydrogens (tertiary/aromatic N) is 3. The van der Waals surface area contributed by atoms with E-state index in [4.69, 9.17) is 0 Å². The van der Waals surface area contributed by atoms with Gasteiger partial charge in [0.05, 0.1) is 5.52 Å². The lowest BCUT2D eigenvalue weighted by atomic mass is 10.0. The Morgan fingerprint density at radius 2 is 1.78 bits per heavy atom. The van der Waals surface area contributed by atoms with Crippen LogP contribution in [0.15, 0.2) is 73.1 Å². The minimum absolute atomic E-state index is 0.289. The molecule has 1 aliphatic carbocycles. The Bertz CT molecular complexity index is 1360. The summed E-state index contributed by atoms with van der Waals surface area (Å²) in [5.41, 5.74) is 6.81. The fourth-order valence-electron chi connectivity index (χ4n) is 4.71. The average Bonchev–Trinajstić information content (AvgIpc) is 3.74. The number of nitrogens with one attached hydrogen (secondary N) is 1. The van der Waals surface area contributed by atoms with Gasteiger partial charge >= 0.3 is 0 Å². The molecule has 1 aromatic heterocycles. The summed E-state index contributed by atoms with van der Waals surface area (Å²) in [6.07, 6.45) is 6.52. The van der Waals surface area contributed by atoms with Gasteiger partial charge in [0.1, 0.15) is 12.1 Å². The van der Waals surface area contributed by atoms with E-state index < -0.39 is 0 Å². The van der Waals surface area contributed by atoms with Crippen molar-refractivity contribution in [3.8, 4) is 11.1 Å². The maximum atomic E-state index is 12.8. The predicted molar refractivity (Wildman–Crippen MR) is 147 cm³/mol. The van der Waals surface area contributed by atoms with Crippen LogP contribution in [0.4, 0.5) is 5.82 Å². The monoisotopic (exact) mass is 478 g/mol. The third kappa shape index (κ3) is 5.73. The lowest BCUT2D eigenvalue weighted by molar-refractivity contribution is -0.132. The average molecular weight is 479 g/mol. The molecular formula is C31H34N4O. The fraction of sp³-hybridized carbons (Fsp3) is 0.323. The van der Waals surface area contributed by atoms with Crippen LogP contribution in [-0.4, -0.2) is 26.8 Å². The maximum absolute atomic E-state index is 12.8. The summed E-state index contributed by atoms with van der Waals surface area (Å²) >= 11 is 0. The van der Waals surface area contributed by atoms with Gasteiger partial charge < -0.3 is 10.2 Å². The van der Waals surface area contributed by atoms with Crippen molar-refractivity contribution in [3.05, 3.63) is 89.7 Å². The highest BCUT2D eigenvalue weighted by molar-refractivity contribution is 5.92. The van der Waals surface area contributed by atoms with E-state index in [1.807, 2.05) is 0 Å². The molecule has 0 unspecified atom stereocenters. The van der Waals surface area contributed by atoms with E-state index in [1.54, 1.807) is 6.33 Å². The van der Waals surface area contributed by atoms with Crippen molar-refractivity contribution in [2.24, 2.45) is 0 Å². The van der Waals surface area contributed by atoms with Crippen LogP contribution < -0.4 is 5.32 Å². The zero-order valence-corrected chi connectivity index (χ0v) is 21.2. The first-order chi connectivity index (χ1) is 17.6. The number of aryl methyl sites for hydroxylation is 1. The highest BCUT2D eigenvalue weighted by Gasteiger charge is 2.32. The first-order valence-corrected chi connectivity index (χ1v) is 13.0.